The van der Waals surface area contributed by atoms with Crippen LogP contribution in [0.2, 0.25) is 0 Å². The molecule has 1 saturated carbocycles. The van der Waals surface area contributed by atoms with E-state index in [0.29, 0.717) is 26.1 Å². The maximum absolute atomic E-state index is 12.8. The third kappa shape index (κ3) is 4.25. The van der Waals surface area contributed by atoms with E-state index in [-0.39, 0.29) is 65.6 Å². The van der Waals surface area contributed by atoms with Crippen molar-refractivity contribution in [2.75, 3.05) is 26.2 Å². The van der Waals surface area contributed by atoms with Gasteiger partial charge in [0, 0.05) is 26.1 Å². The molecule has 1 aromatic carbocycles. The minimum absolute atomic E-state index is 0. The van der Waals surface area contributed by atoms with Crippen LogP contribution in [0.15, 0.2) is 41.4 Å². The maximum atomic E-state index is 12.8. The third-order valence-electron chi connectivity index (χ3n) is 6.92. The first-order chi connectivity index (χ1) is 15.2. The summed E-state index contributed by atoms with van der Waals surface area (Å²) >= 11 is 0. The Bertz CT molecular complexity index is 879. The fourth-order valence-corrected chi connectivity index (χ4v) is 5.52. The van der Waals surface area contributed by atoms with Crippen LogP contribution >= 0.6 is 24.0 Å². The van der Waals surface area contributed by atoms with Crippen LogP contribution < -0.4 is 15.4 Å². The molecule has 2 bridgehead atoms. The molecule has 5 unspecified atom stereocenters. The summed E-state index contributed by atoms with van der Waals surface area (Å²) in [6.45, 7) is 4.49. The molecule has 5 atom stereocenters. The van der Waals surface area contributed by atoms with Gasteiger partial charge in [-0.1, -0.05) is 30.4 Å². The molecule has 1 saturated heterocycles. The molecular formula is C24H31IN4O3. The number of fused-ring (bicyclic) bond motifs is 6. The van der Waals surface area contributed by atoms with E-state index in [1.807, 2.05) is 25.1 Å². The molecular weight excluding hydrogens is 519 g/mol. The lowest BCUT2D eigenvalue weighted by atomic mass is 9.85. The molecule has 5 rings (SSSR count). The zero-order chi connectivity index (χ0) is 21.4. The van der Waals surface area contributed by atoms with Crippen molar-refractivity contribution in [3.63, 3.8) is 0 Å². The highest BCUT2D eigenvalue weighted by Crippen LogP contribution is 2.52. The highest BCUT2D eigenvalue weighted by Gasteiger charge is 2.58. The number of guanidine groups is 1. The molecule has 32 heavy (non-hydrogen) atoms. The van der Waals surface area contributed by atoms with Crippen molar-refractivity contribution < 1.29 is 14.3 Å². The predicted molar refractivity (Wildman–Crippen MR) is 133 cm³/mol. The molecule has 0 spiro atoms. The summed E-state index contributed by atoms with van der Waals surface area (Å²) < 4.78 is 5.96. The van der Waals surface area contributed by atoms with Crippen LogP contribution in [0.25, 0.3) is 0 Å². The minimum atomic E-state index is -0.107. The Morgan fingerprint density at radius 3 is 2.53 bits per heavy atom. The summed E-state index contributed by atoms with van der Waals surface area (Å²) in [6, 6.07) is 8.11. The molecule has 0 aromatic heterocycles. The summed E-state index contributed by atoms with van der Waals surface area (Å²) in [5, 5.41) is 6.57. The van der Waals surface area contributed by atoms with E-state index in [9.17, 15) is 9.59 Å². The highest BCUT2D eigenvalue weighted by atomic mass is 127. The number of hydrogen-bond acceptors (Lipinski definition) is 4. The molecule has 172 valence electrons. The van der Waals surface area contributed by atoms with Gasteiger partial charge >= 0.3 is 0 Å². The molecule has 2 heterocycles. The fourth-order valence-electron chi connectivity index (χ4n) is 5.52. The number of hydrogen-bond donors (Lipinski definition) is 2. The Hall–Kier alpha value is -2.10. The normalized spacial score (nSPS) is 29.6. The SMILES string of the molecule is CCNC(=NCC1Cc2ccccc2O1)NCCCN1C(=O)C2C3C=CC(C3)C2C1=O.I. The quantitative estimate of drug-likeness (QED) is 0.136. The van der Waals surface area contributed by atoms with Gasteiger partial charge in [-0.3, -0.25) is 14.5 Å². The van der Waals surface area contributed by atoms with E-state index < -0.39 is 0 Å². The monoisotopic (exact) mass is 550 g/mol. The number of benzene rings is 1. The number of rotatable bonds is 7. The summed E-state index contributed by atoms with van der Waals surface area (Å²) in [7, 11) is 0. The Labute approximate surface area is 206 Å². The van der Waals surface area contributed by atoms with Crippen LogP contribution in [0.3, 0.4) is 0 Å². The van der Waals surface area contributed by atoms with E-state index >= 15 is 0 Å². The first-order valence-electron chi connectivity index (χ1n) is 11.5. The molecule has 2 amide bonds. The second-order valence-electron chi connectivity index (χ2n) is 8.88. The van der Waals surface area contributed by atoms with Gasteiger partial charge in [0.15, 0.2) is 5.96 Å². The number of aliphatic imine (C=N–C) groups is 1. The molecule has 4 aliphatic rings. The van der Waals surface area contributed by atoms with Crippen LogP contribution in [0, 0.1) is 23.7 Å². The predicted octanol–water partition coefficient (Wildman–Crippen LogP) is 2.36. The highest BCUT2D eigenvalue weighted by molar-refractivity contribution is 14.0. The van der Waals surface area contributed by atoms with Gasteiger partial charge in [0.25, 0.3) is 0 Å². The van der Waals surface area contributed by atoms with Crippen molar-refractivity contribution in [2.45, 2.75) is 32.3 Å². The molecule has 2 aliphatic carbocycles. The number of carbonyl (C=O) groups excluding carboxylic acids is 2. The van der Waals surface area contributed by atoms with Crippen molar-refractivity contribution in [1.29, 1.82) is 0 Å². The number of para-hydroxylation sites is 1. The first kappa shape index (κ1) is 23.1. The number of carbonyl (C=O) groups is 2. The maximum Gasteiger partial charge on any atom is 0.233 e. The lowest BCUT2D eigenvalue weighted by Crippen LogP contribution is -2.40. The molecule has 2 N–H and O–H groups in total. The zero-order valence-electron chi connectivity index (χ0n) is 18.3. The number of allylic oxidation sites excluding steroid dienone is 2. The number of nitrogens with zero attached hydrogens (tertiary/aromatic N) is 2. The van der Waals surface area contributed by atoms with Gasteiger partial charge in [0.1, 0.15) is 11.9 Å². The first-order valence-corrected chi connectivity index (χ1v) is 11.5. The third-order valence-corrected chi connectivity index (χ3v) is 6.92. The van der Waals surface area contributed by atoms with Gasteiger partial charge < -0.3 is 15.4 Å². The Kier molecular flexibility index (Phi) is 7.07. The van der Waals surface area contributed by atoms with Crippen molar-refractivity contribution in [3.8, 4) is 5.75 Å². The van der Waals surface area contributed by atoms with Gasteiger partial charge in [-0.2, -0.15) is 0 Å². The average molecular weight is 550 g/mol. The number of ether oxygens (including phenoxy) is 1. The summed E-state index contributed by atoms with van der Waals surface area (Å²) in [5.74, 6) is 2.08. The number of amides is 2. The van der Waals surface area contributed by atoms with Gasteiger partial charge in [0.05, 0.1) is 18.4 Å². The molecule has 7 nitrogen and oxygen atoms in total. The van der Waals surface area contributed by atoms with Crippen LogP contribution in [-0.2, 0) is 16.0 Å². The van der Waals surface area contributed by atoms with Crippen LogP contribution in [0.4, 0.5) is 0 Å². The number of halogens is 1. The zero-order valence-corrected chi connectivity index (χ0v) is 20.7. The Morgan fingerprint density at radius 2 is 1.84 bits per heavy atom. The second-order valence-corrected chi connectivity index (χ2v) is 8.88. The summed E-state index contributed by atoms with van der Waals surface area (Å²) in [5.41, 5.74) is 1.23. The topological polar surface area (TPSA) is 83.0 Å². The number of likely N-dealkylation sites (tertiary alicyclic amines) is 1. The van der Waals surface area contributed by atoms with Crippen molar-refractivity contribution in [2.24, 2.45) is 28.7 Å². The van der Waals surface area contributed by atoms with Gasteiger partial charge in [0.2, 0.25) is 11.8 Å². The van der Waals surface area contributed by atoms with Crippen molar-refractivity contribution >= 4 is 41.8 Å². The summed E-state index contributed by atoms with van der Waals surface area (Å²) in [6.07, 6.45) is 6.87. The average Bonchev–Trinajstić information content (AvgIpc) is 3.53. The Morgan fingerprint density at radius 1 is 1.12 bits per heavy atom. The molecule has 2 fully saturated rings. The van der Waals surface area contributed by atoms with Gasteiger partial charge in [-0.25, -0.2) is 4.99 Å². The minimum Gasteiger partial charge on any atom is -0.488 e. The van der Waals surface area contributed by atoms with E-state index in [1.54, 1.807) is 0 Å². The molecule has 0 radical (unpaired) electrons. The molecule has 1 aromatic rings. The fraction of sp³-hybridized carbons (Fsp3) is 0.542. The van der Waals surface area contributed by atoms with E-state index in [0.717, 1.165) is 31.1 Å². The van der Waals surface area contributed by atoms with E-state index in [2.05, 4.69) is 33.8 Å². The number of imide groups is 1. The van der Waals surface area contributed by atoms with Crippen LogP contribution in [0.5, 0.6) is 5.75 Å². The largest absolute Gasteiger partial charge is 0.488 e. The number of nitrogens with one attached hydrogen (secondary N) is 2. The van der Waals surface area contributed by atoms with Gasteiger partial charge in [-0.05, 0) is 43.2 Å². The van der Waals surface area contributed by atoms with E-state index in [1.165, 1.54) is 10.5 Å². The van der Waals surface area contributed by atoms with Crippen molar-refractivity contribution in [3.05, 3.63) is 42.0 Å². The van der Waals surface area contributed by atoms with Crippen LogP contribution in [0.1, 0.15) is 25.3 Å². The van der Waals surface area contributed by atoms with Gasteiger partial charge in [-0.15, -0.1) is 24.0 Å². The smallest absolute Gasteiger partial charge is 0.233 e. The molecule has 8 heteroatoms. The standard InChI is InChI=1S/C24H30N4O3.HI/c1-2-25-24(27-14-18-13-15-6-3-4-7-19(15)31-18)26-10-5-11-28-22(29)20-16-8-9-17(12-16)21(20)23(28)30;/h3-4,6-9,16-18,20-21H,2,5,10-14H2,1H3,(H2,25,26,27);1H. The van der Waals surface area contributed by atoms with Crippen LogP contribution in [-0.4, -0.2) is 55.0 Å². The van der Waals surface area contributed by atoms with Crippen molar-refractivity contribution in [1.82, 2.24) is 15.5 Å². The lowest BCUT2D eigenvalue weighted by molar-refractivity contribution is -0.140. The lowest BCUT2D eigenvalue weighted by Gasteiger charge is -2.18. The summed E-state index contributed by atoms with van der Waals surface area (Å²) in [4.78, 5) is 31.7. The Balaban J connectivity index is 0.00000245. The molecule has 2 aliphatic heterocycles. The van der Waals surface area contributed by atoms with E-state index in [4.69, 9.17) is 4.74 Å². The second kappa shape index (κ2) is 9.80.